The van der Waals surface area contributed by atoms with Crippen molar-refractivity contribution in [2.75, 3.05) is 13.2 Å². The summed E-state index contributed by atoms with van der Waals surface area (Å²) in [6, 6.07) is 8.43. The maximum absolute atomic E-state index is 5.58. The number of rotatable bonds is 6. The van der Waals surface area contributed by atoms with E-state index < -0.39 is 0 Å². The zero-order chi connectivity index (χ0) is 12.0. The van der Waals surface area contributed by atoms with Crippen LogP contribution >= 0.6 is 0 Å². The molecule has 1 rings (SSSR count). The minimum atomic E-state index is 0.152. The van der Waals surface area contributed by atoms with Crippen LogP contribution in [-0.2, 0) is 9.47 Å². The van der Waals surface area contributed by atoms with Crippen molar-refractivity contribution >= 4 is 0 Å². The second kappa shape index (κ2) is 6.66. The predicted molar refractivity (Wildman–Crippen MR) is 66.5 cm³/mol. The predicted octanol–water partition coefficient (Wildman–Crippen LogP) is 3.88. The molecule has 2 atom stereocenters. The van der Waals surface area contributed by atoms with Crippen LogP contribution in [0, 0.1) is 0 Å². The summed E-state index contributed by atoms with van der Waals surface area (Å²) >= 11 is 0. The van der Waals surface area contributed by atoms with Crippen LogP contribution in [0.1, 0.15) is 51.0 Å². The molecule has 0 aliphatic carbocycles. The van der Waals surface area contributed by atoms with E-state index in [0.717, 1.165) is 13.2 Å². The van der Waals surface area contributed by atoms with Crippen LogP contribution in [0.5, 0.6) is 0 Å². The van der Waals surface area contributed by atoms with Crippen LogP contribution < -0.4 is 0 Å². The topological polar surface area (TPSA) is 18.5 Å². The molecule has 0 aromatic heterocycles. The average molecular weight is 222 g/mol. The molecule has 0 amide bonds. The normalized spacial score (nSPS) is 14.8. The van der Waals surface area contributed by atoms with Crippen LogP contribution in [-0.4, -0.2) is 13.2 Å². The number of ether oxygens (including phenoxy) is 2. The Bertz CT molecular complexity index is 282. The van der Waals surface area contributed by atoms with Gasteiger partial charge in [0.1, 0.15) is 0 Å². The van der Waals surface area contributed by atoms with Crippen LogP contribution in [0.3, 0.4) is 0 Å². The summed E-state index contributed by atoms with van der Waals surface area (Å²) in [5, 5.41) is 0. The first-order chi connectivity index (χ1) is 7.69. The first kappa shape index (κ1) is 13.2. The summed E-state index contributed by atoms with van der Waals surface area (Å²) in [5.41, 5.74) is 2.43. The Labute approximate surface area is 98.6 Å². The fourth-order valence-corrected chi connectivity index (χ4v) is 1.76. The van der Waals surface area contributed by atoms with Crippen LogP contribution in [0.2, 0.25) is 0 Å². The maximum Gasteiger partial charge on any atom is 0.0796 e. The van der Waals surface area contributed by atoms with Gasteiger partial charge in [-0.2, -0.15) is 0 Å². The lowest BCUT2D eigenvalue weighted by Gasteiger charge is -2.16. The van der Waals surface area contributed by atoms with Gasteiger partial charge in [-0.15, -0.1) is 0 Å². The second-order valence-corrected chi connectivity index (χ2v) is 3.87. The molecule has 0 N–H and O–H groups in total. The van der Waals surface area contributed by atoms with Crippen molar-refractivity contribution in [2.24, 2.45) is 0 Å². The standard InChI is InChI=1S/C14H22O2/c1-5-15-11(3)13-8-7-9-14(10-13)12(4)16-6-2/h7-12H,5-6H2,1-4H3/t11-,12-/m1/s1. The third kappa shape index (κ3) is 3.62. The van der Waals surface area contributed by atoms with Gasteiger partial charge in [0.25, 0.3) is 0 Å². The fraction of sp³-hybridized carbons (Fsp3) is 0.571. The third-order valence-corrected chi connectivity index (χ3v) is 2.68. The molecule has 1 aromatic rings. The molecule has 90 valence electrons. The number of benzene rings is 1. The van der Waals surface area contributed by atoms with Crippen molar-refractivity contribution in [1.29, 1.82) is 0 Å². The molecule has 0 bridgehead atoms. The Kier molecular flexibility index (Phi) is 5.50. The molecule has 0 aliphatic rings. The largest absolute Gasteiger partial charge is 0.374 e. The zero-order valence-corrected chi connectivity index (χ0v) is 10.7. The molecule has 0 saturated carbocycles. The summed E-state index contributed by atoms with van der Waals surface area (Å²) in [6.45, 7) is 9.67. The molecule has 2 nitrogen and oxygen atoms in total. The van der Waals surface area contributed by atoms with Crippen molar-refractivity contribution in [3.8, 4) is 0 Å². The minimum absolute atomic E-state index is 0.152. The van der Waals surface area contributed by atoms with E-state index in [0.29, 0.717) is 0 Å². The second-order valence-electron chi connectivity index (χ2n) is 3.87. The van der Waals surface area contributed by atoms with E-state index in [1.807, 2.05) is 13.8 Å². The maximum atomic E-state index is 5.58. The van der Waals surface area contributed by atoms with Gasteiger partial charge < -0.3 is 9.47 Å². The van der Waals surface area contributed by atoms with E-state index in [4.69, 9.17) is 9.47 Å². The monoisotopic (exact) mass is 222 g/mol. The molecule has 0 spiro atoms. The molecule has 16 heavy (non-hydrogen) atoms. The highest BCUT2D eigenvalue weighted by molar-refractivity contribution is 5.26. The summed E-state index contributed by atoms with van der Waals surface area (Å²) in [7, 11) is 0. The molecule has 0 radical (unpaired) electrons. The number of hydrogen-bond acceptors (Lipinski definition) is 2. The smallest absolute Gasteiger partial charge is 0.0796 e. The van der Waals surface area contributed by atoms with Crippen LogP contribution in [0.4, 0.5) is 0 Å². The highest BCUT2D eigenvalue weighted by Crippen LogP contribution is 2.22. The van der Waals surface area contributed by atoms with Gasteiger partial charge >= 0.3 is 0 Å². The molecular weight excluding hydrogens is 200 g/mol. The SMILES string of the molecule is CCO[C@H](C)c1cccc([C@@H](C)OCC)c1. The van der Waals surface area contributed by atoms with E-state index in [9.17, 15) is 0 Å². The first-order valence-electron chi connectivity index (χ1n) is 6.02. The van der Waals surface area contributed by atoms with Crippen molar-refractivity contribution in [3.63, 3.8) is 0 Å². The minimum Gasteiger partial charge on any atom is -0.374 e. The van der Waals surface area contributed by atoms with Crippen LogP contribution in [0.15, 0.2) is 24.3 Å². The van der Waals surface area contributed by atoms with E-state index >= 15 is 0 Å². The van der Waals surface area contributed by atoms with Gasteiger partial charge in [0, 0.05) is 13.2 Å². The first-order valence-corrected chi connectivity index (χ1v) is 6.02. The summed E-state index contributed by atoms with van der Waals surface area (Å²) < 4.78 is 11.2. The molecule has 0 aliphatic heterocycles. The van der Waals surface area contributed by atoms with Gasteiger partial charge in [-0.05, 0) is 38.8 Å². The summed E-state index contributed by atoms with van der Waals surface area (Å²) in [4.78, 5) is 0. The summed E-state index contributed by atoms with van der Waals surface area (Å²) in [5.74, 6) is 0. The molecule has 0 saturated heterocycles. The highest BCUT2D eigenvalue weighted by Gasteiger charge is 2.09. The fourth-order valence-electron chi connectivity index (χ4n) is 1.76. The molecular formula is C14H22O2. The highest BCUT2D eigenvalue weighted by atomic mass is 16.5. The molecule has 1 aromatic carbocycles. The lowest BCUT2D eigenvalue weighted by molar-refractivity contribution is 0.0718. The Morgan fingerprint density at radius 3 is 1.75 bits per heavy atom. The quantitative estimate of drug-likeness (QED) is 0.727. The van der Waals surface area contributed by atoms with Gasteiger partial charge in [0.05, 0.1) is 12.2 Å². The van der Waals surface area contributed by atoms with Gasteiger partial charge in [0.15, 0.2) is 0 Å². The Balaban J connectivity index is 2.77. The van der Waals surface area contributed by atoms with E-state index in [-0.39, 0.29) is 12.2 Å². The lowest BCUT2D eigenvalue weighted by atomic mass is 10.0. The van der Waals surface area contributed by atoms with Crippen molar-refractivity contribution in [1.82, 2.24) is 0 Å². The van der Waals surface area contributed by atoms with E-state index in [1.54, 1.807) is 0 Å². The van der Waals surface area contributed by atoms with Gasteiger partial charge in [-0.1, -0.05) is 24.3 Å². The van der Waals surface area contributed by atoms with E-state index in [1.165, 1.54) is 11.1 Å². The molecule has 2 heteroatoms. The van der Waals surface area contributed by atoms with Gasteiger partial charge in [-0.3, -0.25) is 0 Å². The van der Waals surface area contributed by atoms with E-state index in [2.05, 4.69) is 38.1 Å². The van der Waals surface area contributed by atoms with Gasteiger partial charge in [0.2, 0.25) is 0 Å². The molecule has 0 unspecified atom stereocenters. The van der Waals surface area contributed by atoms with Gasteiger partial charge in [-0.25, -0.2) is 0 Å². The van der Waals surface area contributed by atoms with Crippen LogP contribution in [0.25, 0.3) is 0 Å². The Morgan fingerprint density at radius 1 is 0.938 bits per heavy atom. The Hall–Kier alpha value is -0.860. The third-order valence-electron chi connectivity index (χ3n) is 2.68. The summed E-state index contributed by atoms with van der Waals surface area (Å²) in [6.07, 6.45) is 0.303. The van der Waals surface area contributed by atoms with Crippen molar-refractivity contribution in [2.45, 2.75) is 39.9 Å². The van der Waals surface area contributed by atoms with Crippen molar-refractivity contribution in [3.05, 3.63) is 35.4 Å². The zero-order valence-electron chi connectivity index (χ0n) is 10.7. The number of hydrogen-bond donors (Lipinski definition) is 0. The molecule has 0 heterocycles. The van der Waals surface area contributed by atoms with Crippen molar-refractivity contribution < 1.29 is 9.47 Å². The molecule has 0 fully saturated rings. The lowest BCUT2D eigenvalue weighted by Crippen LogP contribution is -2.03. The average Bonchev–Trinajstić information content (AvgIpc) is 2.30. The Morgan fingerprint density at radius 2 is 1.38 bits per heavy atom.